The van der Waals surface area contributed by atoms with Gasteiger partial charge in [0.1, 0.15) is 0 Å². The Hall–Kier alpha value is -2.70. The van der Waals surface area contributed by atoms with Crippen LogP contribution in [0.5, 0.6) is 0 Å². The number of thiazole rings is 1. The number of amides is 2. The highest BCUT2D eigenvalue weighted by Gasteiger charge is 2.08. The number of benzene rings is 2. The first-order valence-corrected chi connectivity index (χ1v) is 8.15. The molecular formula is C17H12ClN3O2S. The number of nitrogens with zero attached hydrogens (tertiary/aromatic N) is 1. The fourth-order valence-electron chi connectivity index (χ4n) is 2.08. The highest BCUT2D eigenvalue weighted by molar-refractivity contribution is 7.22. The minimum atomic E-state index is -0.302. The Kier molecular flexibility index (Phi) is 4.59. The van der Waals surface area contributed by atoms with Crippen LogP contribution in [0.4, 0.5) is 11.4 Å². The van der Waals surface area contributed by atoms with Crippen LogP contribution in [0, 0.1) is 0 Å². The summed E-state index contributed by atoms with van der Waals surface area (Å²) in [7, 11) is 0. The molecule has 0 radical (unpaired) electrons. The average Bonchev–Trinajstić information content (AvgIpc) is 2.94. The zero-order chi connectivity index (χ0) is 17.1. The van der Waals surface area contributed by atoms with Gasteiger partial charge in [0.25, 0.3) is 5.91 Å². The summed E-state index contributed by atoms with van der Waals surface area (Å²) in [6.45, 7) is 3.38. The lowest BCUT2D eigenvalue weighted by molar-refractivity contribution is -0.111. The second kappa shape index (κ2) is 6.82. The third kappa shape index (κ3) is 3.61. The summed E-state index contributed by atoms with van der Waals surface area (Å²) in [6, 6.07) is 12.0. The highest BCUT2D eigenvalue weighted by Crippen LogP contribution is 2.28. The summed E-state index contributed by atoms with van der Waals surface area (Å²) in [5, 5.41) is 5.45. The van der Waals surface area contributed by atoms with E-state index in [0.717, 1.165) is 10.2 Å². The van der Waals surface area contributed by atoms with Gasteiger partial charge < -0.3 is 10.6 Å². The summed E-state index contributed by atoms with van der Waals surface area (Å²) in [4.78, 5) is 27.7. The van der Waals surface area contributed by atoms with E-state index in [1.807, 2.05) is 6.07 Å². The first-order valence-electron chi connectivity index (χ1n) is 6.96. The molecule has 1 heterocycles. The zero-order valence-electron chi connectivity index (χ0n) is 12.4. The Bertz CT molecular complexity index is 935. The smallest absolute Gasteiger partial charge is 0.255 e. The molecule has 0 fully saturated rings. The van der Waals surface area contributed by atoms with E-state index in [-0.39, 0.29) is 11.8 Å². The molecule has 7 heteroatoms. The van der Waals surface area contributed by atoms with Crippen LogP contribution in [-0.4, -0.2) is 16.8 Å². The van der Waals surface area contributed by atoms with Crippen molar-refractivity contribution in [3.63, 3.8) is 0 Å². The number of fused-ring (bicyclic) bond motifs is 1. The normalized spacial score (nSPS) is 10.4. The Balaban J connectivity index is 1.73. The monoisotopic (exact) mass is 357 g/mol. The number of aromatic nitrogens is 1. The van der Waals surface area contributed by atoms with Crippen LogP contribution in [0.1, 0.15) is 10.4 Å². The zero-order valence-corrected chi connectivity index (χ0v) is 13.9. The molecule has 0 aliphatic rings. The van der Waals surface area contributed by atoms with E-state index in [2.05, 4.69) is 22.2 Å². The minimum absolute atomic E-state index is 0.244. The maximum atomic E-state index is 12.3. The molecule has 1 aromatic heterocycles. The van der Waals surface area contributed by atoms with Gasteiger partial charge in [0.2, 0.25) is 5.91 Å². The molecule has 0 aliphatic carbocycles. The molecule has 5 nitrogen and oxygen atoms in total. The maximum absolute atomic E-state index is 12.3. The van der Waals surface area contributed by atoms with Gasteiger partial charge in [-0.2, -0.15) is 0 Å². The number of carbonyl (C=O) groups is 2. The Labute approximate surface area is 147 Å². The van der Waals surface area contributed by atoms with E-state index in [0.29, 0.717) is 21.4 Å². The number of anilines is 2. The summed E-state index contributed by atoms with van der Waals surface area (Å²) < 4.78 is 1.37. The fourth-order valence-corrected chi connectivity index (χ4v) is 3.15. The number of hydrogen-bond acceptors (Lipinski definition) is 4. The fraction of sp³-hybridized carbons (Fsp3) is 0. The predicted molar refractivity (Wildman–Crippen MR) is 97.9 cm³/mol. The Morgan fingerprint density at radius 3 is 2.50 bits per heavy atom. The van der Waals surface area contributed by atoms with Crippen LogP contribution < -0.4 is 10.6 Å². The molecule has 0 saturated heterocycles. The SMILES string of the molecule is C=CC(=O)Nc1ccc(C(=O)Nc2ccc3nc(Cl)sc3c2)cc1. The largest absolute Gasteiger partial charge is 0.323 e. The molecule has 24 heavy (non-hydrogen) atoms. The van der Waals surface area contributed by atoms with Gasteiger partial charge >= 0.3 is 0 Å². The molecule has 2 amide bonds. The highest BCUT2D eigenvalue weighted by atomic mass is 35.5. The number of hydrogen-bond donors (Lipinski definition) is 2. The van der Waals surface area contributed by atoms with Crippen LogP contribution in [0.3, 0.4) is 0 Å². The predicted octanol–water partition coefficient (Wildman–Crippen LogP) is 4.33. The van der Waals surface area contributed by atoms with Crippen molar-refractivity contribution in [2.75, 3.05) is 10.6 Å². The van der Waals surface area contributed by atoms with Crippen molar-refractivity contribution in [2.45, 2.75) is 0 Å². The van der Waals surface area contributed by atoms with Crippen molar-refractivity contribution in [3.05, 3.63) is 65.1 Å². The summed E-state index contributed by atoms with van der Waals surface area (Å²) >= 11 is 7.24. The van der Waals surface area contributed by atoms with Gasteiger partial charge in [-0.3, -0.25) is 9.59 Å². The quantitative estimate of drug-likeness (QED) is 0.683. The van der Waals surface area contributed by atoms with Crippen LogP contribution in [-0.2, 0) is 4.79 Å². The summed E-state index contributed by atoms with van der Waals surface area (Å²) in [5.41, 5.74) is 2.54. The van der Waals surface area contributed by atoms with Crippen molar-refractivity contribution in [3.8, 4) is 0 Å². The molecule has 0 atom stereocenters. The molecule has 2 N–H and O–H groups in total. The van der Waals surface area contributed by atoms with E-state index < -0.39 is 0 Å². The lowest BCUT2D eigenvalue weighted by atomic mass is 10.2. The second-order valence-corrected chi connectivity index (χ2v) is 6.49. The number of halogens is 1. The van der Waals surface area contributed by atoms with Crippen molar-refractivity contribution < 1.29 is 9.59 Å². The molecule has 0 unspecified atom stereocenters. The van der Waals surface area contributed by atoms with E-state index in [9.17, 15) is 9.59 Å². The molecule has 0 spiro atoms. The molecule has 0 bridgehead atoms. The topological polar surface area (TPSA) is 71.1 Å². The maximum Gasteiger partial charge on any atom is 0.255 e. The van der Waals surface area contributed by atoms with Crippen LogP contribution in [0.15, 0.2) is 55.1 Å². The van der Waals surface area contributed by atoms with Gasteiger partial charge in [0.15, 0.2) is 4.47 Å². The van der Waals surface area contributed by atoms with Gasteiger partial charge in [0, 0.05) is 16.9 Å². The van der Waals surface area contributed by atoms with Gasteiger partial charge in [-0.25, -0.2) is 4.98 Å². The molecule has 3 rings (SSSR count). The van der Waals surface area contributed by atoms with Gasteiger partial charge in [-0.15, -0.1) is 11.3 Å². The minimum Gasteiger partial charge on any atom is -0.323 e. The van der Waals surface area contributed by atoms with Gasteiger partial charge in [-0.1, -0.05) is 18.2 Å². The first-order chi connectivity index (χ1) is 11.5. The molecule has 120 valence electrons. The molecule has 3 aromatic rings. The molecule has 0 aliphatic heterocycles. The van der Waals surface area contributed by atoms with Crippen molar-refractivity contribution in [1.29, 1.82) is 0 Å². The summed E-state index contributed by atoms with van der Waals surface area (Å²) in [6.07, 6.45) is 1.18. The lowest BCUT2D eigenvalue weighted by Crippen LogP contribution is -2.12. The van der Waals surface area contributed by atoms with E-state index in [1.54, 1.807) is 36.4 Å². The molecule has 0 saturated carbocycles. The van der Waals surface area contributed by atoms with E-state index in [1.165, 1.54) is 17.4 Å². The lowest BCUT2D eigenvalue weighted by Gasteiger charge is -2.07. The number of rotatable bonds is 4. The van der Waals surface area contributed by atoms with Crippen LogP contribution in [0.25, 0.3) is 10.2 Å². The Morgan fingerprint density at radius 1 is 1.08 bits per heavy atom. The van der Waals surface area contributed by atoms with Crippen molar-refractivity contribution in [1.82, 2.24) is 4.98 Å². The van der Waals surface area contributed by atoms with E-state index in [4.69, 9.17) is 11.6 Å². The second-order valence-electron chi connectivity index (χ2n) is 4.87. The molecule has 2 aromatic carbocycles. The third-order valence-electron chi connectivity index (χ3n) is 3.22. The van der Waals surface area contributed by atoms with Crippen LogP contribution >= 0.6 is 22.9 Å². The Morgan fingerprint density at radius 2 is 1.79 bits per heavy atom. The van der Waals surface area contributed by atoms with E-state index >= 15 is 0 Å². The average molecular weight is 358 g/mol. The number of nitrogens with one attached hydrogen (secondary N) is 2. The molecular weight excluding hydrogens is 346 g/mol. The van der Waals surface area contributed by atoms with Gasteiger partial charge in [0.05, 0.1) is 10.2 Å². The van der Waals surface area contributed by atoms with Crippen molar-refractivity contribution >= 4 is 56.3 Å². The summed E-state index contributed by atoms with van der Waals surface area (Å²) in [5.74, 6) is -0.546. The standard InChI is InChI=1S/C17H12ClN3O2S/c1-2-15(22)19-11-5-3-10(4-6-11)16(23)20-12-7-8-13-14(9-12)24-17(18)21-13/h2-9H,1H2,(H,19,22)(H,20,23). The van der Waals surface area contributed by atoms with Crippen molar-refractivity contribution in [2.24, 2.45) is 0 Å². The first kappa shape index (κ1) is 16.2. The van der Waals surface area contributed by atoms with Gasteiger partial charge in [-0.05, 0) is 48.5 Å². The van der Waals surface area contributed by atoms with Crippen LogP contribution in [0.2, 0.25) is 4.47 Å². The third-order valence-corrected chi connectivity index (χ3v) is 4.34. The number of carbonyl (C=O) groups excluding carboxylic acids is 2.